The van der Waals surface area contributed by atoms with Crippen LogP contribution in [0.15, 0.2) is 66.7 Å². The second-order valence-corrected chi connectivity index (χ2v) is 11.1. The number of nitrogens with one attached hydrogen (secondary N) is 1. The van der Waals surface area contributed by atoms with Gasteiger partial charge in [0.15, 0.2) is 11.5 Å². The van der Waals surface area contributed by atoms with Gasteiger partial charge >= 0.3 is 5.97 Å². The van der Waals surface area contributed by atoms with Crippen LogP contribution in [0.1, 0.15) is 59.6 Å². The Bertz CT molecular complexity index is 1630. The third kappa shape index (κ3) is 7.42. The molecule has 45 heavy (non-hydrogen) atoms. The second kappa shape index (κ2) is 14.7. The monoisotopic (exact) mass is 613 g/mol. The van der Waals surface area contributed by atoms with Gasteiger partial charge in [-0.05, 0) is 66.8 Å². The number of nitrogens with zero attached hydrogens (tertiary/aromatic N) is 4. The van der Waals surface area contributed by atoms with Gasteiger partial charge in [0.1, 0.15) is 18.1 Å². The van der Waals surface area contributed by atoms with Gasteiger partial charge in [-0.15, -0.1) is 5.10 Å². The first-order chi connectivity index (χ1) is 21.9. The molecule has 1 atom stereocenters. The van der Waals surface area contributed by atoms with E-state index >= 15 is 0 Å². The summed E-state index contributed by atoms with van der Waals surface area (Å²) >= 11 is 0. The molecular weight excluding hydrogens is 574 g/mol. The Labute approximate surface area is 262 Å². The van der Waals surface area contributed by atoms with Crippen LogP contribution >= 0.6 is 0 Å². The SMILES string of the molecule is COC(=O)c1ccc(C(C(=O)NC2CCCCC2)N(CCc2ccc(OC)c(OC)c2)C(=O)Cn2nnc3ccccc32)cc1. The molecule has 0 aliphatic heterocycles. The Morgan fingerprint density at radius 3 is 2.38 bits per heavy atom. The molecule has 2 amide bonds. The maximum atomic E-state index is 14.3. The Kier molecular flexibility index (Phi) is 10.3. The predicted octanol–water partition coefficient (Wildman–Crippen LogP) is 4.50. The summed E-state index contributed by atoms with van der Waals surface area (Å²) in [5, 5.41) is 11.7. The van der Waals surface area contributed by atoms with Crippen molar-refractivity contribution in [3.63, 3.8) is 0 Å². The molecule has 1 aliphatic rings. The highest BCUT2D eigenvalue weighted by Gasteiger charge is 2.33. The Hall–Kier alpha value is -4.93. The summed E-state index contributed by atoms with van der Waals surface area (Å²) in [6, 6.07) is 18.7. The van der Waals surface area contributed by atoms with Gasteiger partial charge < -0.3 is 24.4 Å². The smallest absolute Gasteiger partial charge is 0.337 e. The zero-order valence-electron chi connectivity index (χ0n) is 25.9. The molecule has 11 nitrogen and oxygen atoms in total. The molecule has 3 aromatic carbocycles. The van der Waals surface area contributed by atoms with Crippen LogP contribution in [0.3, 0.4) is 0 Å². The van der Waals surface area contributed by atoms with Gasteiger partial charge in [-0.2, -0.15) is 0 Å². The van der Waals surface area contributed by atoms with Crippen molar-refractivity contribution >= 4 is 28.8 Å². The fourth-order valence-electron chi connectivity index (χ4n) is 5.86. The minimum atomic E-state index is -0.957. The number of hydrogen-bond acceptors (Lipinski definition) is 8. The largest absolute Gasteiger partial charge is 0.493 e. The minimum absolute atomic E-state index is 0.0325. The van der Waals surface area contributed by atoms with E-state index in [9.17, 15) is 14.4 Å². The van der Waals surface area contributed by atoms with Gasteiger partial charge in [-0.25, -0.2) is 9.48 Å². The minimum Gasteiger partial charge on any atom is -0.493 e. The van der Waals surface area contributed by atoms with Crippen LogP contribution in [0.5, 0.6) is 11.5 Å². The standard InChI is InChI=1S/C34H39N5O6/c1-43-29-18-13-23(21-30(29)44-2)19-20-38(31(40)22-39-28-12-8-7-11-27(28)36-37-39)32(33(41)35-26-9-5-4-6-10-26)24-14-16-25(17-15-24)34(42)45-3/h7-8,11-18,21,26,32H,4-6,9-10,19-20,22H2,1-3H3,(H,35,41). The molecule has 11 heteroatoms. The summed E-state index contributed by atoms with van der Waals surface area (Å²) in [6.45, 7) is 0.113. The predicted molar refractivity (Wildman–Crippen MR) is 168 cm³/mol. The summed E-state index contributed by atoms with van der Waals surface area (Å²) in [5.74, 6) is 0.127. The number of aromatic nitrogens is 3. The number of rotatable bonds is 12. The van der Waals surface area contributed by atoms with Crippen molar-refractivity contribution in [1.82, 2.24) is 25.2 Å². The van der Waals surface area contributed by atoms with E-state index in [4.69, 9.17) is 14.2 Å². The summed E-state index contributed by atoms with van der Waals surface area (Å²) in [7, 11) is 4.47. The second-order valence-electron chi connectivity index (χ2n) is 11.1. The van der Waals surface area contributed by atoms with E-state index in [1.807, 2.05) is 42.5 Å². The summed E-state index contributed by atoms with van der Waals surface area (Å²) < 4.78 is 17.3. The summed E-state index contributed by atoms with van der Waals surface area (Å²) in [5.41, 5.74) is 3.23. The van der Waals surface area contributed by atoms with Crippen molar-refractivity contribution in [2.75, 3.05) is 27.9 Å². The van der Waals surface area contributed by atoms with Crippen molar-refractivity contribution in [2.45, 2.75) is 57.2 Å². The van der Waals surface area contributed by atoms with Gasteiger partial charge in [0.05, 0.1) is 32.4 Å². The lowest BCUT2D eigenvalue weighted by Crippen LogP contribution is -2.48. The molecule has 1 aliphatic carbocycles. The Morgan fingerprint density at radius 2 is 1.67 bits per heavy atom. The number of fused-ring (bicyclic) bond motifs is 1. The zero-order chi connectivity index (χ0) is 31.8. The first kappa shape index (κ1) is 31.5. The van der Waals surface area contributed by atoms with E-state index in [1.165, 1.54) is 7.11 Å². The van der Waals surface area contributed by atoms with Crippen LogP contribution in [0.25, 0.3) is 11.0 Å². The molecule has 5 rings (SSSR count). The van der Waals surface area contributed by atoms with Gasteiger partial charge in [-0.3, -0.25) is 9.59 Å². The van der Waals surface area contributed by atoms with Crippen LogP contribution < -0.4 is 14.8 Å². The van der Waals surface area contributed by atoms with E-state index in [0.29, 0.717) is 34.6 Å². The number of methoxy groups -OCH3 is 3. The van der Waals surface area contributed by atoms with Crippen molar-refractivity contribution in [2.24, 2.45) is 0 Å². The van der Waals surface area contributed by atoms with Crippen molar-refractivity contribution in [3.05, 3.63) is 83.4 Å². The van der Waals surface area contributed by atoms with E-state index in [0.717, 1.165) is 43.2 Å². The third-order valence-corrected chi connectivity index (χ3v) is 8.27. The Morgan fingerprint density at radius 1 is 0.933 bits per heavy atom. The normalized spacial score (nSPS) is 14.0. The molecule has 4 aromatic rings. The molecule has 1 N–H and O–H groups in total. The molecule has 1 fully saturated rings. The number of carbonyl (C=O) groups excluding carboxylic acids is 3. The van der Waals surface area contributed by atoms with Crippen LogP contribution in [-0.2, 0) is 27.3 Å². The zero-order valence-corrected chi connectivity index (χ0v) is 25.9. The average Bonchev–Trinajstić information content (AvgIpc) is 3.49. The van der Waals surface area contributed by atoms with Crippen molar-refractivity contribution in [3.8, 4) is 11.5 Å². The maximum Gasteiger partial charge on any atom is 0.337 e. The van der Waals surface area contributed by atoms with E-state index in [-0.39, 0.29) is 30.9 Å². The molecular formula is C34H39N5O6. The first-order valence-electron chi connectivity index (χ1n) is 15.2. The van der Waals surface area contributed by atoms with E-state index in [2.05, 4.69) is 15.6 Å². The summed E-state index contributed by atoms with van der Waals surface area (Å²) in [6.07, 6.45) is 5.47. The number of para-hydroxylation sites is 1. The van der Waals surface area contributed by atoms with Gasteiger partial charge in [-0.1, -0.05) is 54.8 Å². The molecule has 1 saturated carbocycles. The first-order valence-corrected chi connectivity index (χ1v) is 15.2. The van der Waals surface area contributed by atoms with Crippen LogP contribution in [0.4, 0.5) is 0 Å². The summed E-state index contributed by atoms with van der Waals surface area (Å²) in [4.78, 5) is 42.2. The van der Waals surface area contributed by atoms with E-state index < -0.39 is 12.0 Å². The van der Waals surface area contributed by atoms with Crippen molar-refractivity contribution < 1.29 is 28.6 Å². The molecule has 0 saturated heterocycles. The topological polar surface area (TPSA) is 125 Å². The Balaban J connectivity index is 1.51. The van der Waals surface area contributed by atoms with Crippen LogP contribution in [-0.4, -0.2) is 71.6 Å². The molecule has 0 spiro atoms. The van der Waals surface area contributed by atoms with Crippen LogP contribution in [0, 0.1) is 0 Å². The number of amides is 2. The van der Waals surface area contributed by atoms with Crippen molar-refractivity contribution in [1.29, 1.82) is 0 Å². The highest BCUT2D eigenvalue weighted by Crippen LogP contribution is 2.29. The molecule has 1 unspecified atom stereocenters. The number of esters is 1. The molecule has 0 radical (unpaired) electrons. The molecule has 1 heterocycles. The highest BCUT2D eigenvalue weighted by molar-refractivity contribution is 5.91. The van der Waals surface area contributed by atoms with Gasteiger partial charge in [0.2, 0.25) is 11.8 Å². The lowest BCUT2D eigenvalue weighted by Gasteiger charge is -2.33. The van der Waals surface area contributed by atoms with Gasteiger partial charge in [0.25, 0.3) is 0 Å². The molecule has 0 bridgehead atoms. The van der Waals surface area contributed by atoms with E-state index in [1.54, 1.807) is 48.1 Å². The molecule has 1 aromatic heterocycles. The number of carbonyl (C=O) groups is 3. The lowest BCUT2D eigenvalue weighted by molar-refractivity contribution is -0.141. The van der Waals surface area contributed by atoms with Gasteiger partial charge in [0, 0.05) is 12.6 Å². The number of ether oxygens (including phenoxy) is 3. The third-order valence-electron chi connectivity index (χ3n) is 8.27. The fourth-order valence-corrected chi connectivity index (χ4v) is 5.86. The number of benzene rings is 3. The maximum absolute atomic E-state index is 14.3. The number of hydrogen-bond donors (Lipinski definition) is 1. The highest BCUT2D eigenvalue weighted by atomic mass is 16.5. The average molecular weight is 614 g/mol. The quantitative estimate of drug-likeness (QED) is 0.232. The van der Waals surface area contributed by atoms with Crippen LogP contribution in [0.2, 0.25) is 0 Å². The molecule has 236 valence electrons. The lowest BCUT2D eigenvalue weighted by atomic mass is 9.94. The fraction of sp³-hybridized carbons (Fsp3) is 0.382.